The molecule has 3 aromatic carbocycles. The van der Waals surface area contributed by atoms with Crippen LogP contribution in [0, 0.1) is 12.7 Å². The molecule has 3 aromatic rings. The van der Waals surface area contributed by atoms with E-state index in [1.54, 1.807) is 12.1 Å². The summed E-state index contributed by atoms with van der Waals surface area (Å²) in [6.07, 6.45) is 0. The SMILES string of the molecule is Cc1ccc(CN(CC(=O)Nc2cccc(F)c2)S(=O)(=O)c2ccc(Br)cc2)cc1. The number of sulfonamides is 1. The van der Waals surface area contributed by atoms with Crippen LogP contribution in [0.1, 0.15) is 11.1 Å². The Labute approximate surface area is 183 Å². The number of rotatable bonds is 7. The molecule has 0 fully saturated rings. The predicted molar refractivity (Wildman–Crippen MR) is 118 cm³/mol. The monoisotopic (exact) mass is 490 g/mol. The molecule has 0 atom stereocenters. The summed E-state index contributed by atoms with van der Waals surface area (Å²) in [5.74, 6) is -1.06. The van der Waals surface area contributed by atoms with Crippen LogP contribution in [0.2, 0.25) is 0 Å². The van der Waals surface area contributed by atoms with Gasteiger partial charge in [-0.05, 0) is 55.0 Å². The Balaban J connectivity index is 1.87. The molecular formula is C22H20BrFN2O3S. The van der Waals surface area contributed by atoms with E-state index in [9.17, 15) is 17.6 Å². The maximum Gasteiger partial charge on any atom is 0.243 e. The third kappa shape index (κ3) is 5.75. The van der Waals surface area contributed by atoms with Crippen LogP contribution in [-0.2, 0) is 21.4 Å². The third-order valence-electron chi connectivity index (χ3n) is 4.36. The second kappa shape index (κ2) is 9.51. The van der Waals surface area contributed by atoms with Gasteiger partial charge in [0.05, 0.1) is 11.4 Å². The summed E-state index contributed by atoms with van der Waals surface area (Å²) in [5, 5.41) is 2.55. The van der Waals surface area contributed by atoms with Crippen LogP contribution in [0.15, 0.2) is 82.2 Å². The minimum Gasteiger partial charge on any atom is -0.325 e. The fourth-order valence-corrected chi connectivity index (χ4v) is 4.45. The molecule has 1 N–H and O–H groups in total. The molecule has 0 aromatic heterocycles. The van der Waals surface area contributed by atoms with Crippen LogP contribution >= 0.6 is 15.9 Å². The van der Waals surface area contributed by atoms with Crippen molar-refractivity contribution >= 4 is 37.5 Å². The topological polar surface area (TPSA) is 66.5 Å². The molecule has 0 unspecified atom stereocenters. The molecular weight excluding hydrogens is 471 g/mol. The molecule has 0 aliphatic heterocycles. The molecule has 0 saturated heterocycles. The van der Waals surface area contributed by atoms with E-state index < -0.39 is 28.3 Å². The zero-order valence-corrected chi connectivity index (χ0v) is 18.6. The van der Waals surface area contributed by atoms with Gasteiger partial charge in [0.2, 0.25) is 15.9 Å². The molecule has 0 spiro atoms. The first-order chi connectivity index (χ1) is 14.2. The van der Waals surface area contributed by atoms with Gasteiger partial charge < -0.3 is 5.32 Å². The molecule has 0 saturated carbocycles. The van der Waals surface area contributed by atoms with Gasteiger partial charge in [-0.1, -0.05) is 51.8 Å². The Bertz CT molecular complexity index is 1130. The Hall–Kier alpha value is -2.55. The minimum atomic E-state index is -3.94. The van der Waals surface area contributed by atoms with E-state index in [1.165, 1.54) is 36.4 Å². The smallest absolute Gasteiger partial charge is 0.243 e. The molecule has 0 heterocycles. The Morgan fingerprint density at radius 2 is 1.70 bits per heavy atom. The minimum absolute atomic E-state index is 0.0231. The number of hydrogen-bond acceptors (Lipinski definition) is 3. The van der Waals surface area contributed by atoms with Crippen molar-refractivity contribution < 1.29 is 17.6 Å². The van der Waals surface area contributed by atoms with Crippen molar-refractivity contribution in [3.63, 3.8) is 0 Å². The second-order valence-corrected chi connectivity index (χ2v) is 9.62. The molecule has 0 bridgehead atoms. The summed E-state index contributed by atoms with van der Waals surface area (Å²) in [6, 6.07) is 19.1. The number of carbonyl (C=O) groups is 1. The number of hydrogen-bond donors (Lipinski definition) is 1. The molecule has 8 heteroatoms. The molecule has 0 radical (unpaired) electrons. The summed E-state index contributed by atoms with van der Waals surface area (Å²) in [5.41, 5.74) is 2.06. The number of halogens is 2. The van der Waals surface area contributed by atoms with Gasteiger partial charge in [0.15, 0.2) is 0 Å². The van der Waals surface area contributed by atoms with E-state index in [0.29, 0.717) is 0 Å². The maximum atomic E-state index is 13.4. The Morgan fingerprint density at radius 1 is 1.03 bits per heavy atom. The fraction of sp³-hybridized carbons (Fsp3) is 0.136. The zero-order valence-electron chi connectivity index (χ0n) is 16.2. The summed E-state index contributed by atoms with van der Waals surface area (Å²) >= 11 is 3.29. The zero-order chi connectivity index (χ0) is 21.7. The van der Waals surface area contributed by atoms with E-state index in [4.69, 9.17) is 0 Å². The number of amides is 1. The van der Waals surface area contributed by atoms with Crippen LogP contribution in [0.3, 0.4) is 0 Å². The number of aryl methyl sites for hydroxylation is 1. The number of nitrogens with one attached hydrogen (secondary N) is 1. The Kier molecular flexibility index (Phi) is 7.02. The van der Waals surface area contributed by atoms with Crippen LogP contribution in [-0.4, -0.2) is 25.2 Å². The fourth-order valence-electron chi connectivity index (χ4n) is 2.81. The summed E-state index contributed by atoms with van der Waals surface area (Å²) in [7, 11) is -3.94. The van der Waals surface area contributed by atoms with Crippen LogP contribution in [0.25, 0.3) is 0 Å². The molecule has 1 amide bonds. The van der Waals surface area contributed by atoms with Gasteiger partial charge in [-0.25, -0.2) is 12.8 Å². The highest BCUT2D eigenvalue weighted by atomic mass is 79.9. The van der Waals surface area contributed by atoms with Crippen molar-refractivity contribution in [1.82, 2.24) is 4.31 Å². The number of carbonyl (C=O) groups excluding carboxylic acids is 1. The van der Waals surface area contributed by atoms with Gasteiger partial charge in [0.1, 0.15) is 5.82 Å². The van der Waals surface area contributed by atoms with Crippen molar-refractivity contribution in [1.29, 1.82) is 0 Å². The van der Waals surface area contributed by atoms with E-state index in [1.807, 2.05) is 31.2 Å². The largest absolute Gasteiger partial charge is 0.325 e. The summed E-state index contributed by atoms with van der Waals surface area (Å²) in [6.45, 7) is 1.55. The van der Waals surface area contributed by atoms with Crippen molar-refractivity contribution in [3.05, 3.63) is 94.2 Å². The van der Waals surface area contributed by atoms with Crippen LogP contribution < -0.4 is 5.32 Å². The quantitative estimate of drug-likeness (QED) is 0.520. The molecule has 30 heavy (non-hydrogen) atoms. The van der Waals surface area contributed by atoms with Gasteiger partial charge in [-0.2, -0.15) is 4.31 Å². The van der Waals surface area contributed by atoms with Crippen molar-refractivity contribution in [2.45, 2.75) is 18.4 Å². The first-order valence-electron chi connectivity index (χ1n) is 9.11. The highest BCUT2D eigenvalue weighted by Crippen LogP contribution is 2.21. The van der Waals surface area contributed by atoms with Crippen LogP contribution in [0.5, 0.6) is 0 Å². The van der Waals surface area contributed by atoms with Crippen LogP contribution in [0.4, 0.5) is 10.1 Å². The standard InChI is InChI=1S/C22H20BrFN2O3S/c1-16-5-7-17(8-6-16)14-26(30(28,29)21-11-9-18(23)10-12-21)15-22(27)25-20-4-2-3-19(24)13-20/h2-13H,14-15H2,1H3,(H,25,27). The average Bonchev–Trinajstić information content (AvgIpc) is 2.69. The van der Waals surface area contributed by atoms with Gasteiger partial charge in [0, 0.05) is 16.7 Å². The molecule has 156 valence electrons. The summed E-state index contributed by atoms with van der Waals surface area (Å²) < 4.78 is 41.7. The number of nitrogens with zero attached hydrogens (tertiary/aromatic N) is 1. The predicted octanol–water partition coefficient (Wildman–Crippen LogP) is 4.73. The number of benzene rings is 3. The first-order valence-corrected chi connectivity index (χ1v) is 11.3. The van der Waals surface area contributed by atoms with Crippen molar-refractivity contribution in [3.8, 4) is 0 Å². The van der Waals surface area contributed by atoms with Gasteiger partial charge in [-0.15, -0.1) is 0 Å². The lowest BCUT2D eigenvalue weighted by Crippen LogP contribution is -2.37. The molecule has 0 aliphatic carbocycles. The van der Waals surface area contributed by atoms with E-state index in [0.717, 1.165) is 19.9 Å². The highest BCUT2D eigenvalue weighted by Gasteiger charge is 2.27. The molecule has 3 rings (SSSR count). The van der Waals surface area contributed by atoms with Crippen molar-refractivity contribution in [2.75, 3.05) is 11.9 Å². The van der Waals surface area contributed by atoms with Gasteiger partial charge >= 0.3 is 0 Å². The third-order valence-corrected chi connectivity index (χ3v) is 6.69. The second-order valence-electron chi connectivity index (χ2n) is 6.77. The van der Waals surface area contributed by atoms with Gasteiger partial charge in [0.25, 0.3) is 0 Å². The number of anilines is 1. The average molecular weight is 491 g/mol. The van der Waals surface area contributed by atoms with E-state index in [-0.39, 0.29) is 17.1 Å². The lowest BCUT2D eigenvalue weighted by Gasteiger charge is -2.22. The lowest BCUT2D eigenvalue weighted by molar-refractivity contribution is -0.116. The Morgan fingerprint density at radius 3 is 2.33 bits per heavy atom. The maximum absolute atomic E-state index is 13.4. The van der Waals surface area contributed by atoms with E-state index >= 15 is 0 Å². The van der Waals surface area contributed by atoms with Gasteiger partial charge in [-0.3, -0.25) is 4.79 Å². The molecule has 0 aliphatic rings. The van der Waals surface area contributed by atoms with E-state index in [2.05, 4.69) is 21.2 Å². The highest BCUT2D eigenvalue weighted by molar-refractivity contribution is 9.10. The first kappa shape index (κ1) is 22.1. The summed E-state index contributed by atoms with van der Waals surface area (Å²) in [4.78, 5) is 12.6. The normalized spacial score (nSPS) is 11.5. The lowest BCUT2D eigenvalue weighted by atomic mass is 10.1. The molecule has 5 nitrogen and oxygen atoms in total. The van der Waals surface area contributed by atoms with Crippen molar-refractivity contribution in [2.24, 2.45) is 0 Å².